The molecule has 4 nitrogen and oxygen atoms in total. The molecule has 0 saturated carbocycles. The zero-order chi connectivity index (χ0) is 13.9. The van der Waals surface area contributed by atoms with Crippen LogP contribution in [0.3, 0.4) is 0 Å². The second-order valence-corrected chi connectivity index (χ2v) is 5.31. The first-order chi connectivity index (χ1) is 9.76. The number of H-pyrrole nitrogens is 1. The minimum absolute atomic E-state index is 0.0613. The van der Waals surface area contributed by atoms with Crippen molar-refractivity contribution in [2.45, 2.75) is 25.9 Å². The predicted octanol–water partition coefficient (Wildman–Crippen LogP) is 2.39. The molecule has 1 saturated heterocycles. The summed E-state index contributed by atoms with van der Waals surface area (Å²) in [5.41, 5.74) is -0.0613. The molecule has 1 aromatic carbocycles. The average Bonchev–Trinajstić information content (AvgIpc) is 2.49. The number of likely N-dealkylation sites (tertiary alicyclic amines) is 1. The number of aromatic nitrogens is 1. The van der Waals surface area contributed by atoms with Gasteiger partial charge in [0.05, 0.1) is 5.39 Å². The van der Waals surface area contributed by atoms with Crippen molar-refractivity contribution in [2.75, 3.05) is 19.6 Å². The summed E-state index contributed by atoms with van der Waals surface area (Å²) in [5.74, 6) is 0.796. The van der Waals surface area contributed by atoms with Gasteiger partial charge in [0.1, 0.15) is 11.9 Å². The van der Waals surface area contributed by atoms with Crippen LogP contribution >= 0.6 is 0 Å². The van der Waals surface area contributed by atoms with Gasteiger partial charge in [0.25, 0.3) is 5.56 Å². The Morgan fingerprint density at radius 3 is 2.85 bits per heavy atom. The summed E-state index contributed by atoms with van der Waals surface area (Å²) in [4.78, 5) is 16.9. The number of nitrogens with zero attached hydrogens (tertiary/aromatic N) is 1. The smallest absolute Gasteiger partial charge is 0.255 e. The van der Waals surface area contributed by atoms with E-state index < -0.39 is 0 Å². The van der Waals surface area contributed by atoms with Gasteiger partial charge in [-0.25, -0.2) is 0 Å². The van der Waals surface area contributed by atoms with E-state index in [0.29, 0.717) is 5.39 Å². The highest BCUT2D eigenvalue weighted by atomic mass is 16.5. The third-order valence-corrected chi connectivity index (χ3v) is 4.03. The minimum Gasteiger partial charge on any atom is -0.490 e. The summed E-state index contributed by atoms with van der Waals surface area (Å²) in [6.45, 7) is 5.49. The fourth-order valence-corrected chi connectivity index (χ4v) is 2.77. The van der Waals surface area contributed by atoms with Gasteiger partial charge in [-0.3, -0.25) is 4.79 Å². The monoisotopic (exact) mass is 272 g/mol. The lowest BCUT2D eigenvalue weighted by Crippen LogP contribution is -2.37. The number of rotatable bonds is 3. The molecule has 4 heteroatoms. The van der Waals surface area contributed by atoms with Crippen molar-refractivity contribution >= 4 is 10.8 Å². The molecule has 0 amide bonds. The first kappa shape index (κ1) is 13.2. The lowest BCUT2D eigenvalue weighted by atomic mass is 10.1. The van der Waals surface area contributed by atoms with E-state index in [4.69, 9.17) is 4.74 Å². The van der Waals surface area contributed by atoms with Gasteiger partial charge in [0.2, 0.25) is 0 Å². The Bertz CT molecular complexity index is 642. The van der Waals surface area contributed by atoms with Crippen molar-refractivity contribution in [1.29, 1.82) is 0 Å². The van der Waals surface area contributed by atoms with Crippen LogP contribution in [-0.4, -0.2) is 35.6 Å². The highest BCUT2D eigenvalue weighted by Gasteiger charge is 2.19. The normalized spacial score (nSPS) is 17.4. The number of piperidine rings is 1. The molecule has 106 valence electrons. The molecule has 1 aliphatic rings. The summed E-state index contributed by atoms with van der Waals surface area (Å²) in [6, 6.07) is 7.65. The van der Waals surface area contributed by atoms with E-state index in [1.165, 1.54) is 0 Å². The number of ether oxygens (including phenoxy) is 1. The van der Waals surface area contributed by atoms with E-state index in [9.17, 15) is 4.79 Å². The van der Waals surface area contributed by atoms with E-state index >= 15 is 0 Å². The Kier molecular flexibility index (Phi) is 3.74. The summed E-state index contributed by atoms with van der Waals surface area (Å²) in [5, 5.41) is 1.64. The molecular formula is C16H20N2O2. The molecular weight excluding hydrogens is 252 g/mol. The Labute approximate surface area is 118 Å². The molecule has 0 aliphatic carbocycles. The molecule has 1 aromatic heterocycles. The number of hydrogen-bond acceptors (Lipinski definition) is 3. The van der Waals surface area contributed by atoms with Gasteiger partial charge >= 0.3 is 0 Å². The van der Waals surface area contributed by atoms with Crippen LogP contribution in [0, 0.1) is 0 Å². The van der Waals surface area contributed by atoms with Gasteiger partial charge in [0, 0.05) is 19.3 Å². The SMILES string of the molecule is CCN1CCC(Oc2ccc3cc[nH]c(=O)c3c2)CC1. The van der Waals surface area contributed by atoms with Gasteiger partial charge in [-0.15, -0.1) is 0 Å². The van der Waals surface area contributed by atoms with E-state index in [1.54, 1.807) is 6.20 Å². The van der Waals surface area contributed by atoms with E-state index in [0.717, 1.165) is 43.6 Å². The third-order valence-electron chi connectivity index (χ3n) is 4.03. The maximum absolute atomic E-state index is 11.8. The molecule has 0 spiro atoms. The van der Waals surface area contributed by atoms with Crippen LogP contribution in [-0.2, 0) is 0 Å². The van der Waals surface area contributed by atoms with Gasteiger partial charge < -0.3 is 14.6 Å². The summed E-state index contributed by atoms with van der Waals surface area (Å²) in [7, 11) is 0. The minimum atomic E-state index is -0.0613. The van der Waals surface area contributed by atoms with E-state index in [2.05, 4.69) is 16.8 Å². The largest absolute Gasteiger partial charge is 0.490 e. The number of benzene rings is 1. The predicted molar refractivity (Wildman–Crippen MR) is 80.3 cm³/mol. The highest BCUT2D eigenvalue weighted by molar-refractivity contribution is 5.82. The molecule has 0 unspecified atom stereocenters. The van der Waals surface area contributed by atoms with Crippen LogP contribution in [0.15, 0.2) is 35.3 Å². The molecule has 2 aromatic rings. The number of nitrogens with one attached hydrogen (secondary N) is 1. The van der Waals surface area contributed by atoms with Crippen molar-refractivity contribution in [2.24, 2.45) is 0 Å². The summed E-state index contributed by atoms with van der Waals surface area (Å²) in [6.07, 6.45) is 4.04. The number of hydrogen-bond donors (Lipinski definition) is 1. The second-order valence-electron chi connectivity index (χ2n) is 5.31. The lowest BCUT2D eigenvalue weighted by molar-refractivity contribution is 0.104. The quantitative estimate of drug-likeness (QED) is 0.933. The van der Waals surface area contributed by atoms with Crippen molar-refractivity contribution in [3.8, 4) is 5.75 Å². The summed E-state index contributed by atoms with van der Waals surface area (Å²) >= 11 is 0. The van der Waals surface area contributed by atoms with Crippen LogP contribution in [0.1, 0.15) is 19.8 Å². The molecule has 2 heterocycles. The van der Waals surface area contributed by atoms with Crippen molar-refractivity contribution in [3.63, 3.8) is 0 Å². The fourth-order valence-electron chi connectivity index (χ4n) is 2.77. The Morgan fingerprint density at radius 1 is 1.30 bits per heavy atom. The van der Waals surface area contributed by atoms with Crippen LogP contribution in [0.25, 0.3) is 10.8 Å². The van der Waals surface area contributed by atoms with Crippen LogP contribution in [0.4, 0.5) is 0 Å². The Balaban J connectivity index is 1.75. The van der Waals surface area contributed by atoms with E-state index in [-0.39, 0.29) is 11.7 Å². The van der Waals surface area contributed by atoms with Crippen molar-refractivity contribution in [1.82, 2.24) is 9.88 Å². The molecule has 20 heavy (non-hydrogen) atoms. The maximum atomic E-state index is 11.8. The zero-order valence-corrected chi connectivity index (χ0v) is 11.8. The fraction of sp³-hybridized carbons (Fsp3) is 0.438. The molecule has 1 fully saturated rings. The van der Waals surface area contributed by atoms with Gasteiger partial charge in [-0.2, -0.15) is 0 Å². The molecule has 0 bridgehead atoms. The first-order valence-electron chi connectivity index (χ1n) is 7.26. The van der Waals surface area contributed by atoms with Gasteiger partial charge in [-0.1, -0.05) is 13.0 Å². The molecule has 1 N–H and O–H groups in total. The number of fused-ring (bicyclic) bond motifs is 1. The number of aromatic amines is 1. The van der Waals surface area contributed by atoms with Crippen LogP contribution in [0.2, 0.25) is 0 Å². The summed E-state index contributed by atoms with van der Waals surface area (Å²) < 4.78 is 6.03. The molecule has 0 radical (unpaired) electrons. The average molecular weight is 272 g/mol. The van der Waals surface area contributed by atoms with Gasteiger partial charge in [0.15, 0.2) is 0 Å². The Hall–Kier alpha value is -1.81. The Morgan fingerprint density at radius 2 is 2.10 bits per heavy atom. The second kappa shape index (κ2) is 5.67. The lowest BCUT2D eigenvalue weighted by Gasteiger charge is -2.31. The molecule has 0 atom stereocenters. The zero-order valence-electron chi connectivity index (χ0n) is 11.8. The topological polar surface area (TPSA) is 45.3 Å². The molecule has 3 rings (SSSR count). The van der Waals surface area contributed by atoms with Crippen molar-refractivity contribution < 1.29 is 4.74 Å². The first-order valence-corrected chi connectivity index (χ1v) is 7.26. The van der Waals surface area contributed by atoms with Crippen molar-refractivity contribution in [3.05, 3.63) is 40.8 Å². The van der Waals surface area contributed by atoms with Crippen LogP contribution in [0.5, 0.6) is 5.75 Å². The van der Waals surface area contributed by atoms with E-state index in [1.807, 2.05) is 24.3 Å². The standard InChI is InChI=1S/C16H20N2O2/c1-2-18-9-6-13(7-10-18)20-14-4-3-12-5-8-17-16(19)15(12)11-14/h3-5,8,11,13H,2,6-7,9-10H2,1H3,(H,17,19). The van der Waals surface area contributed by atoms with Gasteiger partial charge in [-0.05, 0) is 43.0 Å². The maximum Gasteiger partial charge on any atom is 0.255 e. The van der Waals surface area contributed by atoms with Crippen LogP contribution < -0.4 is 10.3 Å². The number of pyridine rings is 1. The highest BCUT2D eigenvalue weighted by Crippen LogP contribution is 2.22. The third kappa shape index (κ3) is 2.70. The molecule has 1 aliphatic heterocycles.